The Morgan fingerprint density at radius 1 is 0.920 bits per heavy atom. The van der Waals surface area contributed by atoms with Crippen LogP contribution in [0.2, 0.25) is 0 Å². The second-order valence-corrected chi connectivity index (χ2v) is 5.95. The molecule has 2 amide bonds. The first-order valence-electron chi connectivity index (χ1n) is 9.06. The molecule has 0 saturated heterocycles. The number of carbonyl (C=O) groups excluding carboxylic acids is 2. The van der Waals surface area contributed by atoms with Crippen molar-refractivity contribution in [2.75, 3.05) is 11.9 Å². The molecule has 0 aliphatic carbocycles. The fourth-order valence-electron chi connectivity index (χ4n) is 2.46. The van der Waals surface area contributed by atoms with Crippen molar-refractivity contribution in [1.82, 2.24) is 10.9 Å². The number of rotatable bonds is 12. The molecule has 6 heteroatoms. The van der Waals surface area contributed by atoms with Crippen LogP contribution in [0.4, 0.5) is 5.69 Å². The van der Waals surface area contributed by atoms with Gasteiger partial charge in [-0.15, -0.1) is 12.4 Å². The number of hydrazine groups is 1. The first-order chi connectivity index (χ1) is 11.7. The zero-order valence-corrected chi connectivity index (χ0v) is 16.2. The summed E-state index contributed by atoms with van der Waals surface area (Å²) in [4.78, 5) is 23.8. The van der Waals surface area contributed by atoms with Crippen molar-refractivity contribution < 1.29 is 9.59 Å². The summed E-state index contributed by atoms with van der Waals surface area (Å²) < 4.78 is 0. The lowest BCUT2D eigenvalue weighted by Crippen LogP contribution is -2.37. The van der Waals surface area contributed by atoms with Gasteiger partial charge in [-0.2, -0.15) is 0 Å². The number of hydrogen-bond acceptors (Lipinski definition) is 3. The van der Waals surface area contributed by atoms with Crippen molar-refractivity contribution in [1.29, 1.82) is 0 Å². The maximum Gasteiger partial charge on any atom is 0.234 e. The van der Waals surface area contributed by atoms with Crippen LogP contribution in [0, 0.1) is 0 Å². The Hall–Kier alpha value is -1.59. The zero-order chi connectivity index (χ0) is 17.6. The smallest absolute Gasteiger partial charge is 0.234 e. The van der Waals surface area contributed by atoms with Crippen molar-refractivity contribution in [3.63, 3.8) is 0 Å². The molecule has 0 fully saturated rings. The molecule has 0 unspecified atom stereocenters. The fraction of sp³-hybridized carbons (Fsp3) is 0.579. The van der Waals surface area contributed by atoms with Gasteiger partial charge in [-0.1, -0.05) is 57.7 Å². The van der Waals surface area contributed by atoms with Crippen LogP contribution in [0.25, 0.3) is 0 Å². The van der Waals surface area contributed by atoms with E-state index in [0.717, 1.165) is 24.1 Å². The van der Waals surface area contributed by atoms with Crippen LogP contribution >= 0.6 is 12.4 Å². The van der Waals surface area contributed by atoms with E-state index >= 15 is 0 Å². The number of halogens is 1. The minimum atomic E-state index is -0.0473. The Labute approximate surface area is 157 Å². The minimum Gasteiger partial charge on any atom is -0.326 e. The molecule has 5 nitrogen and oxygen atoms in total. The van der Waals surface area contributed by atoms with Crippen molar-refractivity contribution >= 4 is 29.9 Å². The Morgan fingerprint density at radius 2 is 1.64 bits per heavy atom. The highest BCUT2D eigenvalue weighted by Crippen LogP contribution is 2.17. The largest absolute Gasteiger partial charge is 0.326 e. The van der Waals surface area contributed by atoms with Gasteiger partial charge in [0.05, 0.1) is 0 Å². The summed E-state index contributed by atoms with van der Waals surface area (Å²) in [5.41, 5.74) is 7.23. The van der Waals surface area contributed by atoms with Gasteiger partial charge in [0.2, 0.25) is 11.8 Å². The van der Waals surface area contributed by atoms with Crippen molar-refractivity contribution in [2.45, 2.75) is 65.2 Å². The predicted molar refractivity (Wildman–Crippen MR) is 106 cm³/mol. The third kappa shape index (κ3) is 10.8. The number of anilines is 1. The molecule has 0 aliphatic heterocycles. The number of hydrogen-bond donors (Lipinski definition) is 3. The van der Waals surface area contributed by atoms with E-state index in [1.54, 1.807) is 0 Å². The molecule has 0 aromatic heterocycles. The Kier molecular flexibility index (Phi) is 13.8. The van der Waals surface area contributed by atoms with E-state index in [0.29, 0.717) is 25.8 Å². The summed E-state index contributed by atoms with van der Waals surface area (Å²) in [6, 6.07) is 7.68. The van der Waals surface area contributed by atoms with Gasteiger partial charge < -0.3 is 5.32 Å². The SMILES string of the molecule is CCCCCCCC(=O)Nc1ccccc1CCC(=O)NNCC.Cl. The van der Waals surface area contributed by atoms with Crippen LogP contribution in [-0.2, 0) is 16.0 Å². The summed E-state index contributed by atoms with van der Waals surface area (Å²) in [7, 11) is 0. The molecule has 1 aromatic rings. The van der Waals surface area contributed by atoms with Gasteiger partial charge in [-0.3, -0.25) is 15.0 Å². The minimum absolute atomic E-state index is 0. The van der Waals surface area contributed by atoms with E-state index < -0.39 is 0 Å². The van der Waals surface area contributed by atoms with Crippen molar-refractivity contribution in [3.8, 4) is 0 Å². The number of benzene rings is 1. The lowest BCUT2D eigenvalue weighted by molar-refractivity contribution is -0.122. The normalized spacial score (nSPS) is 10.0. The van der Waals surface area contributed by atoms with Crippen LogP contribution in [-0.4, -0.2) is 18.4 Å². The molecule has 0 aliphatic rings. The van der Waals surface area contributed by atoms with Gasteiger partial charge in [0.15, 0.2) is 0 Å². The molecule has 1 aromatic carbocycles. The first kappa shape index (κ1) is 23.4. The molecule has 0 heterocycles. The standard InChI is InChI=1S/C19H31N3O2.ClH/c1-3-5-6-7-8-13-18(23)21-17-12-10-9-11-16(17)14-15-19(24)22-20-4-2;/h9-12,20H,3-8,13-15H2,1-2H3,(H,21,23)(H,22,24);1H. The van der Waals surface area contributed by atoms with Crippen LogP contribution in [0.15, 0.2) is 24.3 Å². The lowest BCUT2D eigenvalue weighted by atomic mass is 10.1. The number of amides is 2. The van der Waals surface area contributed by atoms with E-state index in [1.807, 2.05) is 31.2 Å². The van der Waals surface area contributed by atoms with E-state index in [4.69, 9.17) is 0 Å². The fourth-order valence-corrected chi connectivity index (χ4v) is 2.46. The Balaban J connectivity index is 0.00000576. The van der Waals surface area contributed by atoms with Gasteiger partial charge in [0, 0.05) is 25.1 Å². The summed E-state index contributed by atoms with van der Waals surface area (Å²) in [5, 5.41) is 2.98. The molecule has 0 radical (unpaired) electrons. The average Bonchev–Trinajstić information content (AvgIpc) is 2.59. The second kappa shape index (κ2) is 14.7. The number of para-hydroxylation sites is 1. The third-order valence-corrected chi connectivity index (χ3v) is 3.82. The number of nitrogens with one attached hydrogen (secondary N) is 3. The number of carbonyl (C=O) groups is 2. The van der Waals surface area contributed by atoms with Crippen LogP contribution in [0.1, 0.15) is 64.4 Å². The maximum atomic E-state index is 12.1. The lowest BCUT2D eigenvalue weighted by Gasteiger charge is -2.11. The molecular weight excluding hydrogens is 338 g/mol. The second-order valence-electron chi connectivity index (χ2n) is 5.95. The maximum absolute atomic E-state index is 12.1. The monoisotopic (exact) mass is 369 g/mol. The predicted octanol–water partition coefficient (Wildman–Crippen LogP) is 3.98. The van der Waals surface area contributed by atoms with E-state index in [2.05, 4.69) is 23.1 Å². The van der Waals surface area contributed by atoms with Crippen LogP contribution in [0.3, 0.4) is 0 Å². The van der Waals surface area contributed by atoms with Gasteiger partial charge in [0.1, 0.15) is 0 Å². The molecule has 0 spiro atoms. The van der Waals surface area contributed by atoms with Gasteiger partial charge in [-0.05, 0) is 24.5 Å². The van der Waals surface area contributed by atoms with Crippen molar-refractivity contribution in [3.05, 3.63) is 29.8 Å². The van der Waals surface area contributed by atoms with Crippen molar-refractivity contribution in [2.24, 2.45) is 0 Å². The molecule has 1 rings (SSSR count). The number of unbranched alkanes of at least 4 members (excludes halogenated alkanes) is 4. The molecule has 3 N–H and O–H groups in total. The number of aryl methyl sites for hydroxylation is 1. The quantitative estimate of drug-likeness (QED) is 0.385. The summed E-state index contributed by atoms with van der Waals surface area (Å²) in [6.45, 7) is 4.80. The molecule has 142 valence electrons. The Bertz CT molecular complexity index is 509. The molecular formula is C19H32ClN3O2. The Morgan fingerprint density at radius 3 is 2.36 bits per heavy atom. The zero-order valence-electron chi connectivity index (χ0n) is 15.4. The highest BCUT2D eigenvalue weighted by atomic mass is 35.5. The van der Waals surface area contributed by atoms with Crippen LogP contribution < -0.4 is 16.2 Å². The molecule has 0 saturated carbocycles. The van der Waals surface area contributed by atoms with Gasteiger partial charge in [-0.25, -0.2) is 5.43 Å². The summed E-state index contributed by atoms with van der Waals surface area (Å²) >= 11 is 0. The van der Waals surface area contributed by atoms with Crippen LogP contribution in [0.5, 0.6) is 0 Å². The first-order valence-corrected chi connectivity index (χ1v) is 9.06. The van der Waals surface area contributed by atoms with E-state index in [-0.39, 0.29) is 24.2 Å². The molecule has 25 heavy (non-hydrogen) atoms. The average molecular weight is 370 g/mol. The molecule has 0 atom stereocenters. The van der Waals surface area contributed by atoms with E-state index in [9.17, 15) is 9.59 Å². The summed E-state index contributed by atoms with van der Waals surface area (Å²) in [5.74, 6) is 0.00459. The van der Waals surface area contributed by atoms with Gasteiger partial charge >= 0.3 is 0 Å². The van der Waals surface area contributed by atoms with E-state index in [1.165, 1.54) is 19.3 Å². The molecule has 0 bridgehead atoms. The topological polar surface area (TPSA) is 70.2 Å². The van der Waals surface area contributed by atoms with Gasteiger partial charge in [0.25, 0.3) is 0 Å². The summed E-state index contributed by atoms with van der Waals surface area (Å²) in [6.07, 6.45) is 7.22. The third-order valence-electron chi connectivity index (χ3n) is 3.82. The highest BCUT2D eigenvalue weighted by molar-refractivity contribution is 5.91. The highest BCUT2D eigenvalue weighted by Gasteiger charge is 2.08.